The van der Waals surface area contributed by atoms with Crippen LogP contribution in [-0.2, 0) is 17.1 Å². The van der Waals surface area contributed by atoms with Crippen molar-refractivity contribution in [2.75, 3.05) is 26.2 Å². The normalized spacial score (nSPS) is 29.0. The quantitative estimate of drug-likeness (QED) is 0.402. The fourth-order valence-corrected chi connectivity index (χ4v) is 2.97. The zero-order chi connectivity index (χ0) is 15.2. The van der Waals surface area contributed by atoms with Crippen LogP contribution in [0, 0.1) is 14.9 Å². The second-order valence-corrected chi connectivity index (χ2v) is 7.31. The predicted octanol–water partition coefficient (Wildman–Crippen LogP) is 5.51. The van der Waals surface area contributed by atoms with Crippen molar-refractivity contribution < 1.29 is 17.1 Å². The zero-order valence-corrected chi connectivity index (χ0v) is 17.7. The third-order valence-corrected chi connectivity index (χ3v) is 3.75. The molecule has 1 heterocycles. The Bertz CT molecular complexity index is 254. The van der Waals surface area contributed by atoms with Gasteiger partial charge >= 0.3 is 0 Å². The van der Waals surface area contributed by atoms with E-state index in [2.05, 4.69) is 41.5 Å². The molecule has 0 N–H and O–H groups in total. The molecule has 0 spiro atoms. The van der Waals surface area contributed by atoms with Crippen molar-refractivity contribution in [2.45, 2.75) is 77.5 Å². The molecule has 0 amide bonds. The third-order valence-electron chi connectivity index (χ3n) is 3.75. The Hall–Kier alpha value is 0.359. The van der Waals surface area contributed by atoms with Crippen LogP contribution < -0.4 is 0 Å². The van der Waals surface area contributed by atoms with Crippen LogP contribution in [0.4, 0.5) is 0 Å². The van der Waals surface area contributed by atoms with Crippen molar-refractivity contribution >= 4 is 0 Å². The summed E-state index contributed by atoms with van der Waals surface area (Å²) in [4.78, 5) is 0. The monoisotopic (exact) mass is 365 g/mol. The van der Waals surface area contributed by atoms with Gasteiger partial charge in [-0.15, -0.1) is 23.2 Å². The van der Waals surface area contributed by atoms with Gasteiger partial charge in [0.05, 0.1) is 0 Å². The first kappa shape index (κ1) is 28.2. The Morgan fingerprint density at radius 2 is 0.957 bits per heavy atom. The first-order chi connectivity index (χ1) is 9.20. The molecule has 0 bridgehead atoms. The minimum absolute atomic E-state index is 0. The molecule has 2 atom stereocenters. The molecule has 0 aliphatic carbocycles. The van der Waals surface area contributed by atoms with Gasteiger partial charge in [-0.3, -0.25) is 0 Å². The maximum Gasteiger partial charge on any atom is 0 e. The molecule has 143 valence electrons. The van der Waals surface area contributed by atoms with E-state index in [0.717, 1.165) is 39.0 Å². The van der Waals surface area contributed by atoms with Gasteiger partial charge in [0.15, 0.2) is 0 Å². The van der Waals surface area contributed by atoms with E-state index in [1.54, 1.807) is 0 Å². The maximum atomic E-state index is 4.79. The van der Waals surface area contributed by atoms with Crippen LogP contribution in [0.25, 0.3) is 21.3 Å². The Morgan fingerprint density at radius 3 is 1.26 bits per heavy atom. The summed E-state index contributed by atoms with van der Waals surface area (Å²) in [6.07, 6.45) is 2.01. The van der Waals surface area contributed by atoms with Gasteiger partial charge in [0.25, 0.3) is 0 Å². The molecule has 0 saturated carbocycles. The standard InChI is InChI=1S/C16H32N4.2CH3.Mn/c1-13-11-15(3,4)19-10-8-18-14(2)12-16(5,6)20-9-7-17-13;;;/h13-14H,7-12H2,1-6H3;2*1H3;/q-4;2*-1;/t13-,14-;;;/m1.../s1. The van der Waals surface area contributed by atoms with E-state index < -0.39 is 0 Å². The van der Waals surface area contributed by atoms with Crippen molar-refractivity contribution in [1.29, 1.82) is 0 Å². The summed E-state index contributed by atoms with van der Waals surface area (Å²) in [5.74, 6) is 0. The van der Waals surface area contributed by atoms with Gasteiger partial charge in [0.2, 0.25) is 0 Å². The molecule has 1 saturated heterocycles. The van der Waals surface area contributed by atoms with Crippen LogP contribution in [0.5, 0.6) is 0 Å². The van der Waals surface area contributed by atoms with Crippen LogP contribution in [0.3, 0.4) is 0 Å². The van der Waals surface area contributed by atoms with E-state index >= 15 is 0 Å². The summed E-state index contributed by atoms with van der Waals surface area (Å²) in [6, 6.07) is 0.705. The van der Waals surface area contributed by atoms with Crippen LogP contribution in [0.2, 0.25) is 0 Å². The number of hydrogen-bond donors (Lipinski definition) is 0. The van der Waals surface area contributed by atoms with E-state index in [1.165, 1.54) is 0 Å². The molecule has 4 nitrogen and oxygen atoms in total. The smallest absolute Gasteiger partial charge is 0 e. The molecule has 0 aromatic rings. The van der Waals surface area contributed by atoms with E-state index in [-0.39, 0.29) is 43.0 Å². The van der Waals surface area contributed by atoms with Crippen LogP contribution in [-0.4, -0.2) is 49.3 Å². The molecule has 23 heavy (non-hydrogen) atoms. The summed E-state index contributed by atoms with van der Waals surface area (Å²) in [5, 5.41) is 19.0. The van der Waals surface area contributed by atoms with Gasteiger partial charge in [-0.25, -0.2) is 0 Å². The number of rotatable bonds is 0. The van der Waals surface area contributed by atoms with Crippen molar-refractivity contribution in [3.05, 3.63) is 36.1 Å². The topological polar surface area (TPSA) is 56.4 Å². The summed E-state index contributed by atoms with van der Waals surface area (Å²) in [6.45, 7) is 16.4. The third kappa shape index (κ3) is 13.3. The van der Waals surface area contributed by atoms with Crippen LogP contribution in [0.1, 0.15) is 54.4 Å². The van der Waals surface area contributed by atoms with Gasteiger partial charge in [-0.1, -0.05) is 54.4 Å². The molecule has 0 aromatic heterocycles. The molecule has 0 aromatic carbocycles. The number of hydrogen-bond acceptors (Lipinski definition) is 0. The van der Waals surface area contributed by atoms with Crippen LogP contribution >= 0.6 is 0 Å². The van der Waals surface area contributed by atoms with E-state index in [1.807, 2.05) is 0 Å². The van der Waals surface area contributed by atoms with E-state index in [9.17, 15) is 0 Å². The minimum atomic E-state index is 0. The van der Waals surface area contributed by atoms with Gasteiger partial charge < -0.3 is 36.1 Å². The fraction of sp³-hybridized carbons (Fsp3) is 0.889. The Kier molecular flexibility index (Phi) is 15.5. The van der Waals surface area contributed by atoms with Crippen molar-refractivity contribution in [1.82, 2.24) is 0 Å². The Balaban J connectivity index is -0.00000133. The van der Waals surface area contributed by atoms with E-state index in [0.29, 0.717) is 12.1 Å². The average Bonchev–Trinajstić information content (AvgIpc) is 2.28. The van der Waals surface area contributed by atoms with Crippen molar-refractivity contribution in [2.24, 2.45) is 0 Å². The number of nitrogens with zero attached hydrogens (tertiary/aromatic N) is 4. The molecule has 1 fully saturated rings. The molecule has 0 unspecified atom stereocenters. The first-order valence-electron chi connectivity index (χ1n) is 7.91. The predicted molar refractivity (Wildman–Crippen MR) is 102 cm³/mol. The Morgan fingerprint density at radius 1 is 0.652 bits per heavy atom. The van der Waals surface area contributed by atoms with Gasteiger partial charge in [0.1, 0.15) is 0 Å². The summed E-state index contributed by atoms with van der Waals surface area (Å²) >= 11 is 0. The second-order valence-electron chi connectivity index (χ2n) is 7.31. The van der Waals surface area contributed by atoms with E-state index in [4.69, 9.17) is 21.3 Å². The fourth-order valence-electron chi connectivity index (χ4n) is 2.97. The van der Waals surface area contributed by atoms with Gasteiger partial charge in [0, 0.05) is 17.1 Å². The molecular formula is C18H38MnN4-6. The summed E-state index contributed by atoms with van der Waals surface area (Å²) in [5.41, 5.74) is 0.00438. The molecule has 5 heteroatoms. The summed E-state index contributed by atoms with van der Waals surface area (Å²) in [7, 11) is 0. The van der Waals surface area contributed by atoms with Crippen molar-refractivity contribution in [3.63, 3.8) is 0 Å². The molecule has 1 aliphatic rings. The van der Waals surface area contributed by atoms with Crippen LogP contribution in [0.15, 0.2) is 0 Å². The minimum Gasteiger partial charge on any atom is -0.661 e. The maximum absolute atomic E-state index is 4.79. The average molecular weight is 365 g/mol. The second kappa shape index (κ2) is 12.7. The largest absolute Gasteiger partial charge is 0.661 e. The first-order valence-corrected chi connectivity index (χ1v) is 7.91. The molecular weight excluding hydrogens is 327 g/mol. The zero-order valence-electron chi connectivity index (χ0n) is 16.6. The molecule has 1 aliphatic heterocycles. The molecule has 1 radical (unpaired) electrons. The van der Waals surface area contributed by atoms with Gasteiger partial charge in [-0.05, 0) is 0 Å². The molecule has 1 rings (SSSR count). The van der Waals surface area contributed by atoms with Gasteiger partial charge in [-0.2, -0.15) is 26.2 Å². The summed E-state index contributed by atoms with van der Waals surface area (Å²) < 4.78 is 0. The van der Waals surface area contributed by atoms with Crippen molar-refractivity contribution in [3.8, 4) is 0 Å². The Labute approximate surface area is 157 Å². The SMILES string of the molecule is C[C@@H]1CC(C)(C)[N-]CC[N-][C@H](C)CC(C)(C)[N-]CC[N-]1.[CH3-].[CH3-].[Mn].